The van der Waals surface area contributed by atoms with Gasteiger partial charge in [-0.15, -0.1) is 0 Å². The van der Waals surface area contributed by atoms with Crippen LogP contribution in [0, 0.1) is 5.41 Å². The van der Waals surface area contributed by atoms with Gasteiger partial charge in [-0.05, 0) is 82.5 Å². The highest BCUT2D eigenvalue weighted by molar-refractivity contribution is 6.36. The normalized spacial score (nSPS) is 21.6. The number of carboxylic acids is 1. The van der Waals surface area contributed by atoms with Crippen molar-refractivity contribution < 1.29 is 14.6 Å². The van der Waals surface area contributed by atoms with E-state index in [1.165, 1.54) is 25.7 Å². The molecule has 7 rings (SSSR count). The summed E-state index contributed by atoms with van der Waals surface area (Å²) in [5.41, 5.74) is 2.67. The van der Waals surface area contributed by atoms with E-state index >= 15 is 0 Å². The van der Waals surface area contributed by atoms with E-state index in [-0.39, 0.29) is 5.54 Å². The number of halogens is 1. The van der Waals surface area contributed by atoms with Gasteiger partial charge in [0.25, 0.3) is 0 Å². The Morgan fingerprint density at radius 3 is 2.44 bits per heavy atom. The van der Waals surface area contributed by atoms with Gasteiger partial charge in [0.05, 0.1) is 28.2 Å². The van der Waals surface area contributed by atoms with Crippen molar-refractivity contribution in [3.63, 3.8) is 0 Å². The van der Waals surface area contributed by atoms with Crippen molar-refractivity contribution in [2.24, 2.45) is 5.41 Å². The van der Waals surface area contributed by atoms with Gasteiger partial charge in [0.1, 0.15) is 12.4 Å². The lowest BCUT2D eigenvalue weighted by atomic mass is 9.80. The maximum atomic E-state index is 11.9. The molecule has 2 aromatic carbocycles. The van der Waals surface area contributed by atoms with Gasteiger partial charge in [0.15, 0.2) is 0 Å². The SMILES string of the molecule is CC1(C(=O)O)CCN(c2nc(OCC34CCCN3CCC4)nc3c2CCN(c2cccc4cccc(Cl)c24)C3)CC1. The lowest BCUT2D eigenvalue weighted by molar-refractivity contribution is -0.149. The monoisotopic (exact) mass is 575 g/mol. The van der Waals surface area contributed by atoms with Crippen molar-refractivity contribution in [2.75, 3.05) is 49.1 Å². The van der Waals surface area contributed by atoms with Crippen LogP contribution in [0.1, 0.15) is 56.7 Å². The molecule has 0 atom stereocenters. The molecule has 4 aliphatic heterocycles. The van der Waals surface area contributed by atoms with Crippen LogP contribution in [0.5, 0.6) is 6.01 Å². The summed E-state index contributed by atoms with van der Waals surface area (Å²) in [5.74, 6) is 0.201. The molecule has 5 heterocycles. The Kier molecular flexibility index (Phi) is 6.74. The largest absolute Gasteiger partial charge is 0.481 e. The summed E-state index contributed by atoms with van der Waals surface area (Å²) >= 11 is 6.70. The van der Waals surface area contributed by atoms with Gasteiger partial charge in [0, 0.05) is 36.3 Å². The molecule has 3 fully saturated rings. The number of carbonyl (C=O) groups is 1. The van der Waals surface area contributed by atoms with Crippen LogP contribution >= 0.6 is 11.6 Å². The number of hydrogen-bond donors (Lipinski definition) is 1. The second-order valence-corrected chi connectivity index (χ2v) is 13.0. The number of carboxylic acid groups (broad SMARTS) is 1. The summed E-state index contributed by atoms with van der Waals surface area (Å²) in [7, 11) is 0. The van der Waals surface area contributed by atoms with Gasteiger partial charge in [-0.25, -0.2) is 0 Å². The number of rotatable bonds is 6. The molecule has 41 heavy (non-hydrogen) atoms. The summed E-state index contributed by atoms with van der Waals surface area (Å²) in [4.78, 5) is 29.2. The Balaban J connectivity index is 1.22. The first kappa shape index (κ1) is 26.8. The van der Waals surface area contributed by atoms with Crippen LogP contribution in [0.4, 0.5) is 11.5 Å². The molecular formula is C32H38ClN5O3. The molecule has 1 aromatic heterocycles. The van der Waals surface area contributed by atoms with Crippen LogP contribution in [0.3, 0.4) is 0 Å². The van der Waals surface area contributed by atoms with Gasteiger partial charge in [-0.2, -0.15) is 9.97 Å². The average molecular weight is 576 g/mol. The molecule has 4 aliphatic rings. The second kappa shape index (κ2) is 10.3. The minimum atomic E-state index is -0.716. The van der Waals surface area contributed by atoms with Gasteiger partial charge >= 0.3 is 12.0 Å². The highest BCUT2D eigenvalue weighted by atomic mass is 35.5. The van der Waals surface area contributed by atoms with E-state index in [2.05, 4.69) is 39.0 Å². The minimum absolute atomic E-state index is 0.111. The lowest BCUT2D eigenvalue weighted by Crippen LogP contribution is -2.44. The number of ether oxygens (including phenoxy) is 1. The zero-order valence-electron chi connectivity index (χ0n) is 23.7. The number of piperidine rings is 1. The Morgan fingerprint density at radius 1 is 0.976 bits per heavy atom. The lowest BCUT2D eigenvalue weighted by Gasteiger charge is -2.39. The zero-order chi connectivity index (χ0) is 28.2. The summed E-state index contributed by atoms with van der Waals surface area (Å²) in [6.45, 7) is 7.56. The summed E-state index contributed by atoms with van der Waals surface area (Å²) in [5, 5.41) is 12.7. The quantitative estimate of drug-likeness (QED) is 0.410. The van der Waals surface area contributed by atoms with Crippen molar-refractivity contribution in [1.29, 1.82) is 0 Å². The van der Waals surface area contributed by atoms with E-state index in [1.807, 2.05) is 19.1 Å². The highest BCUT2D eigenvalue weighted by Crippen LogP contribution is 2.41. The third-order valence-electron chi connectivity index (χ3n) is 10.2. The molecule has 0 unspecified atom stereocenters. The number of fused-ring (bicyclic) bond motifs is 3. The number of aliphatic carboxylic acids is 1. The van der Waals surface area contributed by atoms with Crippen LogP contribution in [0.15, 0.2) is 36.4 Å². The fourth-order valence-corrected chi connectivity index (χ4v) is 7.82. The second-order valence-electron chi connectivity index (χ2n) is 12.6. The van der Waals surface area contributed by atoms with E-state index in [0.717, 1.165) is 64.6 Å². The first-order valence-electron chi connectivity index (χ1n) is 15.0. The first-order chi connectivity index (χ1) is 19.9. The van der Waals surface area contributed by atoms with Crippen LogP contribution in [-0.4, -0.2) is 70.8 Å². The smallest absolute Gasteiger partial charge is 0.318 e. The van der Waals surface area contributed by atoms with E-state index in [4.69, 9.17) is 26.3 Å². The molecular weight excluding hydrogens is 538 g/mol. The van der Waals surface area contributed by atoms with Crippen LogP contribution in [0.25, 0.3) is 10.8 Å². The molecule has 216 valence electrons. The van der Waals surface area contributed by atoms with E-state index in [1.54, 1.807) is 0 Å². The molecule has 0 radical (unpaired) electrons. The van der Waals surface area contributed by atoms with Crippen molar-refractivity contribution in [3.8, 4) is 6.01 Å². The number of aromatic nitrogens is 2. The highest BCUT2D eigenvalue weighted by Gasteiger charge is 2.45. The zero-order valence-corrected chi connectivity index (χ0v) is 24.5. The van der Waals surface area contributed by atoms with Gasteiger partial charge in [0.2, 0.25) is 0 Å². The van der Waals surface area contributed by atoms with Crippen molar-refractivity contribution in [2.45, 2.75) is 64.0 Å². The maximum Gasteiger partial charge on any atom is 0.318 e. The Morgan fingerprint density at radius 2 is 1.71 bits per heavy atom. The molecule has 3 saturated heterocycles. The number of hydrogen-bond acceptors (Lipinski definition) is 7. The molecule has 0 saturated carbocycles. The molecule has 0 amide bonds. The first-order valence-corrected chi connectivity index (χ1v) is 15.4. The summed E-state index contributed by atoms with van der Waals surface area (Å²) < 4.78 is 6.48. The number of benzene rings is 2. The summed E-state index contributed by atoms with van der Waals surface area (Å²) in [6.07, 6.45) is 6.76. The van der Waals surface area contributed by atoms with Crippen molar-refractivity contribution >= 4 is 39.8 Å². The van der Waals surface area contributed by atoms with E-state index in [9.17, 15) is 9.90 Å². The number of nitrogens with zero attached hydrogens (tertiary/aromatic N) is 5. The third kappa shape index (κ3) is 4.69. The van der Waals surface area contributed by atoms with E-state index in [0.29, 0.717) is 45.1 Å². The van der Waals surface area contributed by atoms with Crippen molar-refractivity contribution in [1.82, 2.24) is 14.9 Å². The minimum Gasteiger partial charge on any atom is -0.481 e. The Labute approximate surface area is 246 Å². The summed E-state index contributed by atoms with van der Waals surface area (Å²) in [6, 6.07) is 12.8. The number of anilines is 2. The van der Waals surface area contributed by atoms with Crippen molar-refractivity contribution in [3.05, 3.63) is 52.7 Å². The molecule has 0 spiro atoms. The standard InChI is InChI=1S/C32H38ClN5O3/c1-31(29(39)40)13-18-36(19-14-31)28-23-10-17-37(26-9-3-7-22-6-2-8-24(33)27(22)26)20-25(23)34-30(35-28)41-21-32-11-4-15-38(32)16-5-12-32/h2-3,6-9H,4-5,10-21H2,1H3,(H,39,40). The fraction of sp³-hybridized carbons (Fsp3) is 0.531. The van der Waals surface area contributed by atoms with Gasteiger partial charge < -0.3 is 19.6 Å². The Hall–Kier alpha value is -3.10. The average Bonchev–Trinajstić information content (AvgIpc) is 3.56. The van der Waals surface area contributed by atoms with Gasteiger partial charge in [-0.3, -0.25) is 9.69 Å². The van der Waals surface area contributed by atoms with Crippen LogP contribution in [-0.2, 0) is 17.8 Å². The molecule has 0 bridgehead atoms. The molecule has 0 aliphatic carbocycles. The maximum absolute atomic E-state index is 11.9. The van der Waals surface area contributed by atoms with E-state index < -0.39 is 11.4 Å². The molecule has 1 N–H and O–H groups in total. The molecule has 9 heteroatoms. The predicted octanol–water partition coefficient (Wildman–Crippen LogP) is 5.54. The molecule has 8 nitrogen and oxygen atoms in total. The Bertz CT molecular complexity index is 1470. The van der Waals surface area contributed by atoms with Crippen LogP contribution < -0.4 is 14.5 Å². The third-order valence-corrected chi connectivity index (χ3v) is 10.5. The fourth-order valence-electron chi connectivity index (χ4n) is 7.55. The molecule has 3 aromatic rings. The van der Waals surface area contributed by atoms with Gasteiger partial charge in [-0.1, -0.05) is 35.9 Å². The predicted molar refractivity (Wildman–Crippen MR) is 161 cm³/mol. The topological polar surface area (TPSA) is 82.0 Å². The van der Waals surface area contributed by atoms with Crippen LogP contribution in [0.2, 0.25) is 5.02 Å².